The molecule has 0 fully saturated rings. The van der Waals surface area contributed by atoms with Gasteiger partial charge in [0.05, 0.1) is 0 Å². The molecule has 50 valence electrons. The van der Waals surface area contributed by atoms with Crippen molar-refractivity contribution in [1.82, 2.24) is 0 Å². The lowest BCUT2D eigenvalue weighted by Gasteiger charge is -1.89. The molecule has 0 aromatic rings. The molecule has 0 radical (unpaired) electrons. The van der Waals surface area contributed by atoms with Gasteiger partial charge in [0.25, 0.3) is 0 Å². The fourth-order valence-electron chi connectivity index (χ4n) is 0.408. The average molecular weight is 169 g/mol. The van der Waals surface area contributed by atoms with Gasteiger partial charge in [-0.05, 0) is 0 Å². The number of esters is 1. The Bertz CT molecular complexity index is 186. The fourth-order valence-corrected chi connectivity index (χ4v) is 0.673. The summed E-state index contributed by atoms with van der Waals surface area (Å²) in [6.45, 7) is 0. The predicted octanol–water partition coefficient (Wildman–Crippen LogP) is 1.12. The summed E-state index contributed by atoms with van der Waals surface area (Å²) in [6.07, 6.45) is 0. The van der Waals surface area contributed by atoms with E-state index in [-0.39, 0.29) is 5.03 Å². The van der Waals surface area contributed by atoms with Gasteiger partial charge in [0.2, 0.25) is 0 Å². The van der Waals surface area contributed by atoms with E-state index in [0.717, 1.165) is 0 Å². The van der Waals surface area contributed by atoms with Gasteiger partial charge in [0, 0.05) is 0 Å². The fraction of sp³-hybridized carbons (Fsp3) is 0.250. The van der Waals surface area contributed by atoms with Crippen molar-refractivity contribution in [2.45, 2.75) is 5.38 Å². The van der Waals surface area contributed by atoms with E-state index in [1.165, 1.54) is 0 Å². The molecule has 0 bridgehead atoms. The van der Waals surface area contributed by atoms with Gasteiger partial charge >= 0.3 is 11.9 Å². The van der Waals surface area contributed by atoms with Gasteiger partial charge in [0.1, 0.15) is 5.03 Å². The highest BCUT2D eigenvalue weighted by Crippen LogP contribution is 2.26. The van der Waals surface area contributed by atoms with E-state index in [4.69, 9.17) is 28.3 Å². The molecule has 1 aliphatic heterocycles. The highest BCUT2D eigenvalue weighted by Gasteiger charge is 2.33. The first kappa shape index (κ1) is 6.71. The molecule has 1 N–H and O–H groups in total. The Balaban J connectivity index is 2.87. The van der Waals surface area contributed by atoms with Crippen LogP contribution in [0.5, 0.6) is 0 Å². The number of hydrogen-bond acceptors (Lipinski definition) is 3. The molecular formula is C4H2Cl2O3. The van der Waals surface area contributed by atoms with Crippen LogP contribution < -0.4 is 0 Å². The zero-order chi connectivity index (χ0) is 7.02. The highest BCUT2D eigenvalue weighted by atomic mass is 35.5. The van der Waals surface area contributed by atoms with Crippen molar-refractivity contribution < 1.29 is 14.6 Å². The molecule has 1 heterocycles. The summed E-state index contributed by atoms with van der Waals surface area (Å²) in [7, 11) is 0. The van der Waals surface area contributed by atoms with E-state index in [9.17, 15) is 4.79 Å². The number of aliphatic hydroxyl groups is 1. The van der Waals surface area contributed by atoms with Crippen molar-refractivity contribution in [3.8, 4) is 0 Å². The molecule has 5 heteroatoms. The molecule has 0 saturated heterocycles. The van der Waals surface area contributed by atoms with Crippen LogP contribution in [0.4, 0.5) is 0 Å². The number of aliphatic hydroxyl groups excluding tert-OH is 1. The number of carbonyl (C=O) groups excluding carboxylic acids is 1. The number of carbonyl (C=O) groups is 1. The van der Waals surface area contributed by atoms with Crippen molar-refractivity contribution in [1.29, 1.82) is 0 Å². The summed E-state index contributed by atoms with van der Waals surface area (Å²) >= 11 is 10.5. The highest BCUT2D eigenvalue weighted by molar-refractivity contribution is 6.44. The topological polar surface area (TPSA) is 46.5 Å². The van der Waals surface area contributed by atoms with Crippen LogP contribution in [0, 0.1) is 0 Å². The third-order valence-corrected chi connectivity index (χ3v) is 1.72. The lowest BCUT2D eigenvalue weighted by Crippen LogP contribution is -2.08. The molecule has 9 heavy (non-hydrogen) atoms. The van der Waals surface area contributed by atoms with Crippen molar-refractivity contribution >= 4 is 29.2 Å². The minimum atomic E-state index is -1.04. The molecule has 3 nitrogen and oxygen atoms in total. The summed E-state index contributed by atoms with van der Waals surface area (Å²) in [6, 6.07) is 0. The summed E-state index contributed by atoms with van der Waals surface area (Å²) in [5, 5.41) is 7.37. The number of hydrogen-bond donors (Lipinski definition) is 1. The largest absolute Gasteiger partial charge is 0.480 e. The number of halogens is 2. The zero-order valence-electron chi connectivity index (χ0n) is 4.10. The van der Waals surface area contributed by atoms with Gasteiger partial charge in [-0.3, -0.25) is 0 Å². The molecule has 1 aliphatic rings. The first-order valence-corrected chi connectivity index (χ1v) is 2.88. The Kier molecular flexibility index (Phi) is 1.55. The van der Waals surface area contributed by atoms with Crippen molar-refractivity contribution in [3.63, 3.8) is 0 Å². The molecule has 0 saturated carbocycles. The van der Waals surface area contributed by atoms with E-state index in [1.54, 1.807) is 0 Å². The second-order valence-electron chi connectivity index (χ2n) is 1.44. The Labute approximate surface area is 60.8 Å². The Morgan fingerprint density at radius 3 is 2.33 bits per heavy atom. The minimum absolute atomic E-state index is 0.151. The maximum absolute atomic E-state index is 10.4. The van der Waals surface area contributed by atoms with Gasteiger partial charge in [0.15, 0.2) is 5.38 Å². The second-order valence-corrected chi connectivity index (χ2v) is 2.28. The number of ether oxygens (including phenoxy) is 1. The quantitative estimate of drug-likeness (QED) is 0.436. The second kappa shape index (κ2) is 2.08. The normalized spacial score (nSPS) is 26.9. The van der Waals surface area contributed by atoms with E-state index >= 15 is 0 Å². The number of alkyl halides is 1. The number of cyclic esters (lactones) is 1. The maximum Gasteiger partial charge on any atom is 0.337 e. The van der Waals surface area contributed by atoms with Crippen molar-refractivity contribution in [2.24, 2.45) is 0 Å². The first-order chi connectivity index (χ1) is 4.13. The van der Waals surface area contributed by atoms with Gasteiger partial charge in [-0.2, -0.15) is 0 Å². The third-order valence-electron chi connectivity index (χ3n) is 0.831. The SMILES string of the molecule is O=C1OC(O)=C(Cl)[C@H]1Cl. The van der Waals surface area contributed by atoms with E-state index in [0.29, 0.717) is 0 Å². The first-order valence-electron chi connectivity index (χ1n) is 2.07. The molecule has 1 rings (SSSR count). The molecular weight excluding hydrogens is 167 g/mol. The van der Waals surface area contributed by atoms with E-state index in [2.05, 4.69) is 4.74 Å². The van der Waals surface area contributed by atoms with Crippen LogP contribution in [0.3, 0.4) is 0 Å². The van der Waals surface area contributed by atoms with Crippen LogP contribution in [0.2, 0.25) is 0 Å². The van der Waals surface area contributed by atoms with Crippen molar-refractivity contribution in [2.75, 3.05) is 0 Å². The summed E-state index contributed by atoms with van der Waals surface area (Å²) < 4.78 is 4.12. The molecule has 1 atom stereocenters. The smallest absolute Gasteiger partial charge is 0.337 e. The van der Waals surface area contributed by atoms with Crippen LogP contribution >= 0.6 is 23.2 Å². The summed E-state index contributed by atoms with van der Waals surface area (Å²) in [5.74, 6) is -1.33. The van der Waals surface area contributed by atoms with Crippen LogP contribution in [0.25, 0.3) is 0 Å². The van der Waals surface area contributed by atoms with Gasteiger partial charge in [-0.25, -0.2) is 4.79 Å². The Hall–Kier alpha value is -0.410. The Morgan fingerprint density at radius 1 is 1.67 bits per heavy atom. The molecule has 0 aliphatic carbocycles. The van der Waals surface area contributed by atoms with Gasteiger partial charge in [-0.15, -0.1) is 11.6 Å². The predicted molar refractivity (Wildman–Crippen MR) is 31.2 cm³/mol. The number of rotatable bonds is 0. The molecule has 0 spiro atoms. The average Bonchev–Trinajstić information content (AvgIpc) is 1.98. The lowest BCUT2D eigenvalue weighted by atomic mass is 10.4. The van der Waals surface area contributed by atoms with Crippen LogP contribution in [0.15, 0.2) is 11.0 Å². The van der Waals surface area contributed by atoms with E-state index < -0.39 is 17.3 Å². The maximum atomic E-state index is 10.4. The summed E-state index contributed by atoms with van der Waals surface area (Å²) in [5.41, 5.74) is 0. The van der Waals surface area contributed by atoms with Crippen LogP contribution in [0.1, 0.15) is 0 Å². The zero-order valence-corrected chi connectivity index (χ0v) is 5.61. The Morgan fingerprint density at radius 2 is 2.22 bits per heavy atom. The monoisotopic (exact) mass is 168 g/mol. The molecule has 0 aromatic carbocycles. The molecule has 0 unspecified atom stereocenters. The van der Waals surface area contributed by atoms with Crippen LogP contribution in [-0.2, 0) is 9.53 Å². The van der Waals surface area contributed by atoms with Crippen LogP contribution in [-0.4, -0.2) is 16.5 Å². The van der Waals surface area contributed by atoms with E-state index in [1.807, 2.05) is 0 Å². The van der Waals surface area contributed by atoms with Gasteiger partial charge in [-0.1, -0.05) is 11.6 Å². The molecule has 0 aromatic heterocycles. The minimum Gasteiger partial charge on any atom is -0.480 e. The van der Waals surface area contributed by atoms with Gasteiger partial charge < -0.3 is 9.84 Å². The van der Waals surface area contributed by atoms with Crippen molar-refractivity contribution in [3.05, 3.63) is 11.0 Å². The third kappa shape index (κ3) is 0.976. The summed E-state index contributed by atoms with van der Waals surface area (Å²) in [4.78, 5) is 10.4. The standard InChI is InChI=1S/C4H2Cl2O3/c5-1-2(6)4(8)9-3(1)7/h1,8H/t1-/m1/s1. The lowest BCUT2D eigenvalue weighted by molar-refractivity contribution is -0.139. The molecule has 0 amide bonds.